The summed E-state index contributed by atoms with van der Waals surface area (Å²) in [5, 5.41) is 21.2. The number of amides is 2. The van der Waals surface area contributed by atoms with Crippen molar-refractivity contribution in [3.63, 3.8) is 0 Å². The third-order valence-electron chi connectivity index (χ3n) is 7.00. The number of ether oxygens (including phenoxy) is 2. The number of hydrogen-bond donors (Lipinski definition) is 2. The van der Waals surface area contributed by atoms with Gasteiger partial charge in [-0.2, -0.15) is 0 Å². The predicted octanol–water partition coefficient (Wildman–Crippen LogP) is 2.14. The van der Waals surface area contributed by atoms with Crippen LogP contribution in [0.1, 0.15) is 51.0 Å². The topological polar surface area (TPSA) is 117 Å². The zero-order valence-electron chi connectivity index (χ0n) is 20.7. The normalized spacial score (nSPS) is 22.5. The highest BCUT2D eigenvalue weighted by Crippen LogP contribution is 2.46. The van der Waals surface area contributed by atoms with Crippen molar-refractivity contribution in [2.75, 3.05) is 38.8 Å². The summed E-state index contributed by atoms with van der Waals surface area (Å²) < 4.78 is 10.00. The van der Waals surface area contributed by atoms with Gasteiger partial charge in [-0.15, -0.1) is 0 Å². The lowest BCUT2D eigenvalue weighted by atomic mass is 9.83. The van der Waals surface area contributed by atoms with E-state index in [4.69, 9.17) is 4.74 Å². The molecule has 9 heteroatoms. The Bertz CT molecular complexity index is 963. The Labute approximate surface area is 206 Å². The molecule has 3 atom stereocenters. The first-order valence-corrected chi connectivity index (χ1v) is 12.1. The Kier molecular flexibility index (Phi) is 8.91. The van der Waals surface area contributed by atoms with Gasteiger partial charge in [-0.3, -0.25) is 14.4 Å². The Hall–Kier alpha value is -2.91. The van der Waals surface area contributed by atoms with Crippen molar-refractivity contribution >= 4 is 23.5 Å². The van der Waals surface area contributed by atoms with E-state index in [1.165, 1.54) is 14.2 Å². The maximum Gasteiger partial charge on any atom is 0.305 e. The second-order valence-corrected chi connectivity index (χ2v) is 9.13. The van der Waals surface area contributed by atoms with E-state index in [9.17, 15) is 24.6 Å². The van der Waals surface area contributed by atoms with E-state index in [2.05, 4.69) is 4.74 Å². The molecule has 0 saturated carbocycles. The van der Waals surface area contributed by atoms with Crippen LogP contribution in [0.5, 0.6) is 5.75 Å². The molecule has 3 rings (SSSR count). The number of benzene rings is 1. The maximum atomic E-state index is 13.5. The van der Waals surface area contributed by atoms with Crippen LogP contribution in [0.25, 0.3) is 0 Å². The number of nitrogens with zero attached hydrogens (tertiary/aromatic N) is 2. The Morgan fingerprint density at radius 1 is 1.29 bits per heavy atom. The lowest BCUT2D eigenvalue weighted by Crippen LogP contribution is -2.44. The van der Waals surface area contributed by atoms with Crippen LogP contribution in [0.2, 0.25) is 0 Å². The number of aliphatic hydroxyl groups is 2. The van der Waals surface area contributed by atoms with Crippen molar-refractivity contribution < 1.29 is 34.1 Å². The van der Waals surface area contributed by atoms with Gasteiger partial charge in [-0.1, -0.05) is 19.1 Å². The number of methoxy groups -OCH3 is 2. The van der Waals surface area contributed by atoms with Crippen LogP contribution in [-0.2, 0) is 24.7 Å². The van der Waals surface area contributed by atoms with Crippen LogP contribution < -0.4 is 9.64 Å². The third kappa shape index (κ3) is 5.51. The molecule has 0 aliphatic carbocycles. The summed E-state index contributed by atoms with van der Waals surface area (Å²) in [5.41, 5.74) is -0.749. The van der Waals surface area contributed by atoms with Gasteiger partial charge in [0.05, 0.1) is 32.6 Å². The molecule has 2 aliphatic heterocycles. The molecule has 0 aromatic heterocycles. The van der Waals surface area contributed by atoms with E-state index in [1.54, 1.807) is 47.1 Å². The number of hydrogen-bond acceptors (Lipinski definition) is 7. The van der Waals surface area contributed by atoms with Crippen molar-refractivity contribution in [3.05, 3.63) is 35.9 Å². The van der Waals surface area contributed by atoms with E-state index >= 15 is 0 Å². The minimum atomic E-state index is -1.81. The molecule has 9 nitrogen and oxygen atoms in total. The maximum absolute atomic E-state index is 13.5. The molecule has 2 amide bonds. The number of esters is 1. The first-order valence-electron chi connectivity index (χ1n) is 12.1. The summed E-state index contributed by atoms with van der Waals surface area (Å²) in [6, 6.07) is 5.03. The van der Waals surface area contributed by atoms with Crippen molar-refractivity contribution in [3.8, 4) is 5.75 Å². The highest BCUT2D eigenvalue weighted by atomic mass is 16.5. The predicted molar refractivity (Wildman–Crippen MR) is 130 cm³/mol. The van der Waals surface area contributed by atoms with Crippen LogP contribution >= 0.6 is 0 Å². The number of carbonyl (C=O) groups excluding carboxylic acids is 3. The quantitative estimate of drug-likeness (QED) is 0.278. The highest BCUT2D eigenvalue weighted by Gasteiger charge is 2.52. The lowest BCUT2D eigenvalue weighted by molar-refractivity contribution is -0.140. The number of likely N-dealkylation sites (tertiary alicyclic amines) is 1. The summed E-state index contributed by atoms with van der Waals surface area (Å²) in [6.07, 6.45) is 6.58. The first kappa shape index (κ1) is 26.7. The molecule has 2 N–H and O–H groups in total. The zero-order valence-corrected chi connectivity index (χ0v) is 20.7. The molecule has 35 heavy (non-hydrogen) atoms. The van der Waals surface area contributed by atoms with Crippen LogP contribution in [0.4, 0.5) is 5.69 Å². The summed E-state index contributed by atoms with van der Waals surface area (Å²) in [4.78, 5) is 40.7. The Morgan fingerprint density at radius 2 is 2.06 bits per heavy atom. The lowest BCUT2D eigenvalue weighted by Gasteiger charge is -2.28. The van der Waals surface area contributed by atoms with Crippen molar-refractivity contribution in [2.45, 2.75) is 57.1 Å². The minimum Gasteiger partial charge on any atom is -0.497 e. The van der Waals surface area contributed by atoms with Gasteiger partial charge >= 0.3 is 5.97 Å². The van der Waals surface area contributed by atoms with Gasteiger partial charge in [-0.25, -0.2) is 0 Å². The average molecular weight is 489 g/mol. The number of unbranched alkanes of at least 4 members (excludes halogenated alkanes) is 1. The fourth-order valence-electron chi connectivity index (χ4n) is 4.90. The number of anilines is 1. The fourth-order valence-corrected chi connectivity index (χ4v) is 4.90. The minimum absolute atomic E-state index is 0.0474. The van der Waals surface area contributed by atoms with Gasteiger partial charge in [0.2, 0.25) is 5.91 Å². The van der Waals surface area contributed by atoms with E-state index in [-0.39, 0.29) is 37.4 Å². The molecule has 0 unspecified atom stereocenters. The van der Waals surface area contributed by atoms with Crippen LogP contribution in [-0.4, -0.2) is 72.9 Å². The Morgan fingerprint density at radius 3 is 2.74 bits per heavy atom. The number of fused-ring (bicyclic) bond motifs is 1. The van der Waals surface area contributed by atoms with Crippen molar-refractivity contribution in [1.82, 2.24) is 4.90 Å². The Balaban J connectivity index is 1.75. The second-order valence-electron chi connectivity index (χ2n) is 9.13. The molecule has 2 aliphatic rings. The number of rotatable bonds is 11. The molecule has 0 radical (unpaired) electrons. The largest absolute Gasteiger partial charge is 0.497 e. The van der Waals surface area contributed by atoms with E-state index in [0.717, 1.165) is 12.8 Å². The first-order chi connectivity index (χ1) is 16.8. The molecule has 0 spiro atoms. The molecule has 1 aromatic rings. The molecule has 0 bridgehead atoms. The van der Waals surface area contributed by atoms with Gasteiger partial charge < -0.3 is 29.5 Å². The van der Waals surface area contributed by atoms with Gasteiger partial charge in [0.25, 0.3) is 5.91 Å². The monoisotopic (exact) mass is 488 g/mol. The second kappa shape index (κ2) is 11.7. The van der Waals surface area contributed by atoms with E-state index in [0.29, 0.717) is 42.9 Å². The molecule has 1 fully saturated rings. The molecule has 2 heterocycles. The van der Waals surface area contributed by atoms with Gasteiger partial charge in [0, 0.05) is 37.4 Å². The van der Waals surface area contributed by atoms with Crippen molar-refractivity contribution in [1.29, 1.82) is 0 Å². The van der Waals surface area contributed by atoms with Crippen LogP contribution in [0.15, 0.2) is 30.4 Å². The average Bonchev–Trinajstić information content (AvgIpc) is 3.43. The molecule has 192 valence electrons. The highest BCUT2D eigenvalue weighted by molar-refractivity contribution is 6.07. The van der Waals surface area contributed by atoms with Crippen LogP contribution in [0.3, 0.4) is 0 Å². The summed E-state index contributed by atoms with van der Waals surface area (Å²) in [6.45, 7) is 2.68. The standard InChI is InChI=1S/C26H36N2O7/c1-18(8-6-10-23(30)27-15-7-9-19(27)17-29)26(33)21-16-20(34-2)12-13-22(21)28(25(26)32)14-5-4-11-24(31)35-3/h6,8,12-13,16,18-19,29,33H,4-5,7,9-11,14-15,17H2,1-3H3/b8-6+/t18-,19+,26+/m1/s1. The number of aliphatic hydroxyl groups excluding tert-OH is 1. The third-order valence-corrected chi connectivity index (χ3v) is 7.00. The van der Waals surface area contributed by atoms with Crippen molar-refractivity contribution in [2.24, 2.45) is 5.92 Å². The van der Waals surface area contributed by atoms with Gasteiger partial charge in [0.1, 0.15) is 5.75 Å². The van der Waals surface area contributed by atoms with Gasteiger partial charge in [-0.05, 0) is 43.9 Å². The molecule has 1 aromatic carbocycles. The van der Waals surface area contributed by atoms with E-state index < -0.39 is 17.4 Å². The number of carbonyl (C=O) groups is 3. The zero-order chi connectivity index (χ0) is 25.6. The van der Waals surface area contributed by atoms with Gasteiger partial charge in [0.15, 0.2) is 5.60 Å². The molecular formula is C26H36N2O7. The summed E-state index contributed by atoms with van der Waals surface area (Å²) in [5.74, 6) is -0.906. The molecule has 1 saturated heterocycles. The fraction of sp³-hybridized carbons (Fsp3) is 0.577. The molecular weight excluding hydrogens is 452 g/mol. The smallest absolute Gasteiger partial charge is 0.305 e. The summed E-state index contributed by atoms with van der Waals surface area (Å²) in [7, 11) is 2.86. The van der Waals surface area contributed by atoms with Crippen LogP contribution in [0, 0.1) is 5.92 Å². The SMILES string of the molecule is COC(=O)CCCCN1C(=O)[C@](O)([C@H](C)/C=C/CC(=O)N2CCC[C@H]2CO)c2cc(OC)ccc21. The summed E-state index contributed by atoms with van der Waals surface area (Å²) >= 11 is 0. The van der Waals surface area contributed by atoms with E-state index in [1.807, 2.05) is 0 Å².